The van der Waals surface area contributed by atoms with Crippen molar-refractivity contribution in [2.75, 3.05) is 0 Å². The number of imidazole rings is 1. The highest BCUT2D eigenvalue weighted by atomic mass is 79.9. The highest BCUT2D eigenvalue weighted by molar-refractivity contribution is 9.10. The van der Waals surface area contributed by atoms with Gasteiger partial charge in [-0.2, -0.15) is 0 Å². The van der Waals surface area contributed by atoms with Gasteiger partial charge in [0.2, 0.25) is 0 Å². The number of furan rings is 1. The maximum atomic E-state index is 5.38. The molecule has 2 heterocycles. The molecule has 0 fully saturated rings. The number of rotatable bonds is 1. The molecule has 0 saturated heterocycles. The normalized spacial score (nSPS) is 10.7. The average Bonchev–Trinajstić information content (AvgIpc) is 2.62. The molecule has 0 atom stereocenters. The van der Waals surface area contributed by atoms with E-state index in [1.54, 1.807) is 6.20 Å². The summed E-state index contributed by atoms with van der Waals surface area (Å²) in [7, 11) is 1.92. The molecule has 13 heavy (non-hydrogen) atoms. The summed E-state index contributed by atoms with van der Waals surface area (Å²) in [6, 6.07) is 3.72. The second-order valence-electron chi connectivity index (χ2n) is 2.57. The Bertz CT molecular complexity index is 433. The SMILES string of the molecule is Cn1c(Br)cnc1-c1ccc(Br)o1. The van der Waals surface area contributed by atoms with Crippen molar-refractivity contribution in [1.82, 2.24) is 9.55 Å². The summed E-state index contributed by atoms with van der Waals surface area (Å²) < 4.78 is 8.92. The highest BCUT2D eigenvalue weighted by Crippen LogP contribution is 2.25. The second-order valence-corrected chi connectivity index (χ2v) is 4.16. The Morgan fingerprint density at radius 2 is 2.15 bits per heavy atom. The minimum absolute atomic E-state index is 0.710. The fraction of sp³-hybridized carbons (Fsp3) is 0.125. The molecule has 2 rings (SSSR count). The molecular formula is C8H6Br2N2O. The Kier molecular flexibility index (Phi) is 2.29. The van der Waals surface area contributed by atoms with Gasteiger partial charge in [0.1, 0.15) is 4.60 Å². The lowest BCUT2D eigenvalue weighted by Crippen LogP contribution is -1.90. The molecule has 0 aliphatic carbocycles. The summed E-state index contributed by atoms with van der Waals surface area (Å²) >= 11 is 6.61. The summed E-state index contributed by atoms with van der Waals surface area (Å²) in [6.07, 6.45) is 1.74. The van der Waals surface area contributed by atoms with E-state index in [-0.39, 0.29) is 0 Å². The van der Waals surface area contributed by atoms with E-state index in [2.05, 4.69) is 36.8 Å². The first-order valence-electron chi connectivity index (χ1n) is 3.61. The highest BCUT2D eigenvalue weighted by Gasteiger charge is 2.10. The summed E-state index contributed by atoms with van der Waals surface area (Å²) in [5, 5.41) is 0. The first-order valence-corrected chi connectivity index (χ1v) is 5.20. The predicted octanol–water partition coefficient (Wildman–Crippen LogP) is 3.21. The molecule has 0 radical (unpaired) electrons. The number of halogens is 2. The molecule has 5 heteroatoms. The molecule has 0 N–H and O–H groups in total. The van der Waals surface area contributed by atoms with Gasteiger partial charge in [-0.15, -0.1) is 0 Å². The molecule has 2 aromatic heterocycles. The molecule has 0 aromatic carbocycles. The van der Waals surface area contributed by atoms with Gasteiger partial charge in [-0.05, 0) is 44.0 Å². The third-order valence-electron chi connectivity index (χ3n) is 1.73. The second kappa shape index (κ2) is 3.31. The van der Waals surface area contributed by atoms with Crippen molar-refractivity contribution in [3.05, 3.63) is 27.6 Å². The van der Waals surface area contributed by atoms with E-state index in [4.69, 9.17) is 4.42 Å². The Hall–Kier alpha value is -0.550. The van der Waals surface area contributed by atoms with Gasteiger partial charge in [0.05, 0.1) is 6.20 Å². The van der Waals surface area contributed by atoms with Crippen LogP contribution in [0.15, 0.2) is 32.0 Å². The first kappa shape index (κ1) is 9.02. The van der Waals surface area contributed by atoms with Gasteiger partial charge in [-0.3, -0.25) is 0 Å². The van der Waals surface area contributed by atoms with Crippen LogP contribution in [-0.2, 0) is 7.05 Å². The van der Waals surface area contributed by atoms with Crippen molar-refractivity contribution < 1.29 is 4.42 Å². The fourth-order valence-electron chi connectivity index (χ4n) is 1.05. The summed E-state index contributed by atoms with van der Waals surface area (Å²) in [4.78, 5) is 4.20. The Balaban J connectivity index is 2.52. The lowest BCUT2D eigenvalue weighted by Gasteiger charge is -1.97. The third-order valence-corrected chi connectivity index (χ3v) is 2.89. The smallest absolute Gasteiger partial charge is 0.176 e. The molecule has 68 valence electrons. The van der Waals surface area contributed by atoms with Crippen molar-refractivity contribution in [2.24, 2.45) is 7.05 Å². The van der Waals surface area contributed by atoms with E-state index in [1.165, 1.54) is 0 Å². The molecule has 3 nitrogen and oxygen atoms in total. The predicted molar refractivity (Wildman–Crippen MR) is 56.3 cm³/mol. The zero-order valence-electron chi connectivity index (χ0n) is 6.79. The van der Waals surface area contributed by atoms with Crippen molar-refractivity contribution in [3.8, 4) is 11.6 Å². The van der Waals surface area contributed by atoms with Crippen molar-refractivity contribution in [1.29, 1.82) is 0 Å². The minimum Gasteiger partial charge on any atom is -0.446 e. The number of hydrogen-bond acceptors (Lipinski definition) is 2. The van der Waals surface area contributed by atoms with E-state index in [0.29, 0.717) is 4.67 Å². The monoisotopic (exact) mass is 304 g/mol. The van der Waals surface area contributed by atoms with Gasteiger partial charge in [-0.25, -0.2) is 4.98 Å². The van der Waals surface area contributed by atoms with E-state index < -0.39 is 0 Å². The number of aromatic nitrogens is 2. The lowest BCUT2D eigenvalue weighted by molar-refractivity contribution is 0.548. The van der Waals surface area contributed by atoms with E-state index >= 15 is 0 Å². The molecule has 0 bridgehead atoms. The van der Waals surface area contributed by atoms with E-state index in [9.17, 15) is 0 Å². The molecule has 2 aromatic rings. The summed E-state index contributed by atoms with van der Waals surface area (Å²) in [5.41, 5.74) is 0. The van der Waals surface area contributed by atoms with Gasteiger partial charge in [-0.1, -0.05) is 0 Å². The van der Waals surface area contributed by atoms with Crippen LogP contribution in [-0.4, -0.2) is 9.55 Å². The molecular weight excluding hydrogens is 300 g/mol. The quantitative estimate of drug-likeness (QED) is 0.810. The molecule has 0 amide bonds. The third kappa shape index (κ3) is 1.58. The van der Waals surface area contributed by atoms with Gasteiger partial charge in [0.25, 0.3) is 0 Å². The van der Waals surface area contributed by atoms with E-state index in [0.717, 1.165) is 16.2 Å². The standard InChI is InChI=1S/C8H6Br2N2O/c1-12-6(9)4-11-8(12)5-2-3-7(10)13-5/h2-4H,1H3. The van der Waals surface area contributed by atoms with Gasteiger partial charge in [0.15, 0.2) is 16.3 Å². The van der Waals surface area contributed by atoms with Crippen LogP contribution in [0.25, 0.3) is 11.6 Å². The molecule has 0 aliphatic heterocycles. The fourth-order valence-corrected chi connectivity index (χ4v) is 1.63. The maximum Gasteiger partial charge on any atom is 0.176 e. The first-order chi connectivity index (χ1) is 6.18. The molecule has 0 spiro atoms. The van der Waals surface area contributed by atoms with Crippen molar-refractivity contribution in [2.45, 2.75) is 0 Å². The Morgan fingerprint density at radius 3 is 2.62 bits per heavy atom. The summed E-state index contributed by atoms with van der Waals surface area (Å²) in [5.74, 6) is 1.55. The zero-order valence-corrected chi connectivity index (χ0v) is 9.96. The van der Waals surface area contributed by atoms with Crippen LogP contribution >= 0.6 is 31.9 Å². The van der Waals surface area contributed by atoms with Crippen LogP contribution in [0.2, 0.25) is 0 Å². The van der Waals surface area contributed by atoms with Gasteiger partial charge < -0.3 is 8.98 Å². The average molecular weight is 306 g/mol. The van der Waals surface area contributed by atoms with Gasteiger partial charge in [0, 0.05) is 7.05 Å². The molecule has 0 unspecified atom stereocenters. The number of nitrogens with zero attached hydrogens (tertiary/aromatic N) is 2. The Labute approximate surface area is 92.0 Å². The van der Waals surface area contributed by atoms with Crippen LogP contribution in [0.1, 0.15) is 0 Å². The van der Waals surface area contributed by atoms with Crippen LogP contribution < -0.4 is 0 Å². The van der Waals surface area contributed by atoms with Crippen LogP contribution in [0.4, 0.5) is 0 Å². The molecule has 0 aliphatic rings. The van der Waals surface area contributed by atoms with Gasteiger partial charge >= 0.3 is 0 Å². The molecule has 0 saturated carbocycles. The lowest BCUT2D eigenvalue weighted by atomic mass is 10.4. The largest absolute Gasteiger partial charge is 0.446 e. The van der Waals surface area contributed by atoms with E-state index in [1.807, 2.05) is 23.7 Å². The maximum absolute atomic E-state index is 5.38. The van der Waals surface area contributed by atoms with Crippen LogP contribution in [0, 0.1) is 0 Å². The Morgan fingerprint density at radius 1 is 1.38 bits per heavy atom. The topological polar surface area (TPSA) is 31.0 Å². The number of hydrogen-bond donors (Lipinski definition) is 0. The van der Waals surface area contributed by atoms with Crippen LogP contribution in [0.3, 0.4) is 0 Å². The zero-order chi connectivity index (χ0) is 9.42. The van der Waals surface area contributed by atoms with Crippen LogP contribution in [0.5, 0.6) is 0 Å². The van der Waals surface area contributed by atoms with Crippen molar-refractivity contribution >= 4 is 31.9 Å². The minimum atomic E-state index is 0.710. The van der Waals surface area contributed by atoms with Crippen molar-refractivity contribution in [3.63, 3.8) is 0 Å². The summed E-state index contributed by atoms with van der Waals surface area (Å²) in [6.45, 7) is 0.